The quantitative estimate of drug-likeness (QED) is 0.887. The van der Waals surface area contributed by atoms with Crippen LogP contribution in [-0.2, 0) is 0 Å². The third-order valence-corrected chi connectivity index (χ3v) is 4.60. The van der Waals surface area contributed by atoms with Crippen molar-refractivity contribution in [2.45, 2.75) is 59.4 Å². The van der Waals surface area contributed by atoms with Crippen molar-refractivity contribution < 1.29 is 4.74 Å². The second kappa shape index (κ2) is 6.02. The molecule has 1 heterocycles. The summed E-state index contributed by atoms with van der Waals surface area (Å²) in [4.78, 5) is 4.28. The largest absolute Gasteiger partial charge is 0.493 e. The summed E-state index contributed by atoms with van der Waals surface area (Å²) in [6, 6.07) is 2.58. The van der Waals surface area contributed by atoms with E-state index in [2.05, 4.69) is 31.1 Å². The van der Waals surface area contributed by atoms with Crippen LogP contribution in [0.1, 0.15) is 52.1 Å². The molecular weight excluding hydrogens is 248 g/mol. The fourth-order valence-electron chi connectivity index (χ4n) is 3.25. The first-order valence-electron chi connectivity index (χ1n) is 7.68. The molecule has 0 amide bonds. The molecule has 1 saturated carbocycles. The molecule has 3 nitrogen and oxygen atoms in total. The molecule has 2 rings (SSSR count). The fraction of sp³-hybridized carbons (Fsp3) is 0.706. The minimum atomic E-state index is 0.440. The molecule has 0 bridgehead atoms. The molecule has 0 atom stereocenters. The van der Waals surface area contributed by atoms with Crippen LogP contribution in [-0.4, -0.2) is 18.1 Å². The lowest BCUT2D eigenvalue weighted by Gasteiger charge is -2.37. The van der Waals surface area contributed by atoms with Crippen molar-refractivity contribution in [3.63, 3.8) is 0 Å². The van der Waals surface area contributed by atoms with Crippen LogP contribution in [0.5, 0.6) is 5.75 Å². The van der Waals surface area contributed by atoms with E-state index in [4.69, 9.17) is 4.74 Å². The number of nitrogens with one attached hydrogen (secondary N) is 1. The number of aromatic nitrogens is 1. The molecule has 0 unspecified atom stereocenters. The molecule has 0 radical (unpaired) electrons. The van der Waals surface area contributed by atoms with Gasteiger partial charge in [-0.15, -0.1) is 0 Å². The van der Waals surface area contributed by atoms with E-state index in [0.29, 0.717) is 11.5 Å². The molecule has 20 heavy (non-hydrogen) atoms. The maximum Gasteiger partial charge on any atom is 0.163 e. The Balaban J connectivity index is 1.98. The minimum absolute atomic E-state index is 0.440. The van der Waals surface area contributed by atoms with Crippen molar-refractivity contribution in [3.8, 4) is 5.75 Å². The van der Waals surface area contributed by atoms with Gasteiger partial charge in [0.05, 0.1) is 18.5 Å². The molecule has 1 aliphatic carbocycles. The molecule has 1 N–H and O–H groups in total. The van der Waals surface area contributed by atoms with Crippen LogP contribution in [0.4, 0.5) is 5.69 Å². The first kappa shape index (κ1) is 15.1. The minimum Gasteiger partial charge on any atom is -0.493 e. The highest BCUT2D eigenvalue weighted by atomic mass is 16.5. The monoisotopic (exact) mass is 276 g/mol. The van der Waals surface area contributed by atoms with Gasteiger partial charge in [-0.3, -0.25) is 4.98 Å². The van der Waals surface area contributed by atoms with Gasteiger partial charge < -0.3 is 10.1 Å². The van der Waals surface area contributed by atoms with Crippen LogP contribution in [0.15, 0.2) is 12.3 Å². The number of hydrogen-bond acceptors (Lipinski definition) is 3. The van der Waals surface area contributed by atoms with Crippen LogP contribution >= 0.6 is 0 Å². The number of aryl methyl sites for hydroxylation is 1. The Morgan fingerprint density at radius 1 is 1.20 bits per heavy atom. The first-order chi connectivity index (χ1) is 9.41. The lowest BCUT2D eigenvalue weighted by Crippen LogP contribution is -2.31. The van der Waals surface area contributed by atoms with Crippen molar-refractivity contribution in [2.75, 3.05) is 12.4 Å². The Hall–Kier alpha value is -1.25. The SMILES string of the molecule is COc1c(NC2CCC(C(C)(C)C)CC2)ccnc1C. The molecule has 0 aliphatic heterocycles. The summed E-state index contributed by atoms with van der Waals surface area (Å²) in [5.74, 6) is 1.73. The molecule has 1 aliphatic rings. The van der Waals surface area contributed by atoms with Gasteiger partial charge in [-0.05, 0) is 50.0 Å². The molecule has 3 heteroatoms. The lowest BCUT2D eigenvalue weighted by molar-refractivity contribution is 0.173. The molecule has 1 aromatic heterocycles. The predicted molar refractivity (Wildman–Crippen MR) is 84.3 cm³/mol. The van der Waals surface area contributed by atoms with Gasteiger partial charge in [-0.2, -0.15) is 0 Å². The third-order valence-electron chi connectivity index (χ3n) is 4.60. The molecular formula is C17H28N2O. The maximum atomic E-state index is 5.47. The van der Waals surface area contributed by atoms with Crippen molar-refractivity contribution in [1.82, 2.24) is 4.98 Å². The number of ether oxygens (including phenoxy) is 1. The van der Waals surface area contributed by atoms with E-state index in [1.54, 1.807) is 7.11 Å². The van der Waals surface area contributed by atoms with Crippen LogP contribution in [0.25, 0.3) is 0 Å². The van der Waals surface area contributed by atoms with Gasteiger partial charge >= 0.3 is 0 Å². The second-order valence-corrected chi connectivity index (χ2v) is 7.04. The van der Waals surface area contributed by atoms with Crippen molar-refractivity contribution >= 4 is 5.69 Å². The normalized spacial score (nSPS) is 23.4. The summed E-state index contributed by atoms with van der Waals surface area (Å²) < 4.78 is 5.47. The smallest absolute Gasteiger partial charge is 0.163 e. The van der Waals surface area contributed by atoms with Crippen LogP contribution in [0.2, 0.25) is 0 Å². The summed E-state index contributed by atoms with van der Waals surface area (Å²) in [5, 5.41) is 3.65. The zero-order chi connectivity index (χ0) is 14.8. The fourth-order valence-corrected chi connectivity index (χ4v) is 3.25. The number of hydrogen-bond donors (Lipinski definition) is 1. The molecule has 1 aromatic rings. The summed E-state index contributed by atoms with van der Waals surface area (Å²) >= 11 is 0. The van der Waals surface area contributed by atoms with Crippen LogP contribution < -0.4 is 10.1 Å². The van der Waals surface area contributed by atoms with E-state index in [0.717, 1.165) is 23.0 Å². The van der Waals surface area contributed by atoms with Crippen molar-refractivity contribution in [3.05, 3.63) is 18.0 Å². The van der Waals surface area contributed by atoms with Crippen molar-refractivity contribution in [1.29, 1.82) is 0 Å². The van der Waals surface area contributed by atoms with Gasteiger partial charge in [0, 0.05) is 12.2 Å². The van der Waals surface area contributed by atoms with Gasteiger partial charge in [0.1, 0.15) is 0 Å². The Kier molecular flexibility index (Phi) is 4.56. The van der Waals surface area contributed by atoms with E-state index >= 15 is 0 Å². The second-order valence-electron chi connectivity index (χ2n) is 7.04. The first-order valence-corrected chi connectivity index (χ1v) is 7.68. The number of rotatable bonds is 3. The van der Waals surface area contributed by atoms with E-state index in [9.17, 15) is 0 Å². The number of pyridine rings is 1. The number of methoxy groups -OCH3 is 1. The van der Waals surface area contributed by atoms with E-state index in [-0.39, 0.29) is 0 Å². The van der Waals surface area contributed by atoms with Gasteiger partial charge in [-0.1, -0.05) is 20.8 Å². The van der Waals surface area contributed by atoms with Crippen LogP contribution in [0.3, 0.4) is 0 Å². The zero-order valence-electron chi connectivity index (χ0n) is 13.5. The average molecular weight is 276 g/mol. The molecule has 112 valence electrons. The standard InChI is InChI=1S/C17H28N2O/c1-12-16(20-5)15(10-11-18-12)19-14-8-6-13(7-9-14)17(2,3)4/h10-11,13-14H,6-9H2,1-5H3,(H,18,19). The highest BCUT2D eigenvalue weighted by Gasteiger charge is 2.29. The third kappa shape index (κ3) is 3.44. The molecule has 0 aromatic carbocycles. The van der Waals surface area contributed by atoms with E-state index in [1.165, 1.54) is 25.7 Å². The topological polar surface area (TPSA) is 34.1 Å². The van der Waals surface area contributed by atoms with Gasteiger partial charge in [-0.25, -0.2) is 0 Å². The number of anilines is 1. The van der Waals surface area contributed by atoms with Crippen molar-refractivity contribution in [2.24, 2.45) is 11.3 Å². The Morgan fingerprint density at radius 3 is 2.40 bits per heavy atom. The molecule has 1 fully saturated rings. The summed E-state index contributed by atoms with van der Waals surface area (Å²) in [6.07, 6.45) is 6.96. The average Bonchev–Trinajstić information content (AvgIpc) is 2.38. The van der Waals surface area contributed by atoms with E-state index < -0.39 is 0 Å². The molecule has 0 spiro atoms. The highest BCUT2D eigenvalue weighted by Crippen LogP contribution is 2.39. The lowest BCUT2D eigenvalue weighted by atomic mass is 9.71. The van der Waals surface area contributed by atoms with Gasteiger partial charge in [0.15, 0.2) is 5.75 Å². The van der Waals surface area contributed by atoms with Gasteiger partial charge in [0.2, 0.25) is 0 Å². The molecule has 0 saturated heterocycles. The van der Waals surface area contributed by atoms with Gasteiger partial charge in [0.25, 0.3) is 0 Å². The summed E-state index contributed by atoms with van der Waals surface area (Å²) in [6.45, 7) is 9.07. The Bertz CT molecular complexity index is 443. The zero-order valence-corrected chi connectivity index (χ0v) is 13.5. The maximum absolute atomic E-state index is 5.47. The Labute approximate surface area is 123 Å². The Morgan fingerprint density at radius 2 is 1.85 bits per heavy atom. The summed E-state index contributed by atoms with van der Waals surface area (Å²) in [5.41, 5.74) is 2.47. The predicted octanol–water partition coefficient (Wildman–Crippen LogP) is 4.42. The number of nitrogens with zero attached hydrogens (tertiary/aromatic N) is 1. The van der Waals surface area contributed by atoms with Crippen LogP contribution in [0, 0.1) is 18.3 Å². The highest BCUT2D eigenvalue weighted by molar-refractivity contribution is 5.58. The summed E-state index contributed by atoms with van der Waals surface area (Å²) in [7, 11) is 1.71. The van der Waals surface area contributed by atoms with E-state index in [1.807, 2.05) is 19.2 Å².